The third kappa shape index (κ3) is 4.14. The van der Waals surface area contributed by atoms with Crippen molar-refractivity contribution in [3.63, 3.8) is 0 Å². The van der Waals surface area contributed by atoms with Crippen LogP contribution in [-0.2, 0) is 9.53 Å². The number of ether oxygens (including phenoxy) is 1. The summed E-state index contributed by atoms with van der Waals surface area (Å²) in [7, 11) is 2.94. The minimum Gasteiger partial charge on any atom is -0.469 e. The van der Waals surface area contributed by atoms with Crippen LogP contribution in [0.4, 0.5) is 0 Å². The Morgan fingerprint density at radius 3 is 2.71 bits per heavy atom. The van der Waals surface area contributed by atoms with Crippen LogP contribution in [0.2, 0.25) is 0 Å². The maximum atomic E-state index is 11.9. The van der Waals surface area contributed by atoms with Gasteiger partial charge >= 0.3 is 5.97 Å². The summed E-state index contributed by atoms with van der Waals surface area (Å²) in [6.07, 6.45) is 1.73. The van der Waals surface area contributed by atoms with Crippen LogP contribution >= 0.6 is 15.9 Å². The highest BCUT2D eigenvalue weighted by atomic mass is 79.9. The number of amides is 1. The summed E-state index contributed by atoms with van der Waals surface area (Å²) in [5, 5.41) is 0. The fourth-order valence-corrected chi connectivity index (χ4v) is 1.40. The number of carbonyl (C=O) groups is 2. The Morgan fingerprint density at radius 2 is 2.18 bits per heavy atom. The smallest absolute Gasteiger partial charge is 0.307 e. The SMILES string of the molecule is COC(=O)CCN(C)C(=O)c1ccc(Br)cn1. The Hall–Kier alpha value is -1.43. The first-order chi connectivity index (χ1) is 8.04. The van der Waals surface area contributed by atoms with Gasteiger partial charge in [0, 0.05) is 24.3 Å². The van der Waals surface area contributed by atoms with E-state index < -0.39 is 0 Å². The Kier molecular flexibility index (Phi) is 5.09. The minimum atomic E-state index is -0.339. The van der Waals surface area contributed by atoms with E-state index >= 15 is 0 Å². The Labute approximate surface area is 108 Å². The van der Waals surface area contributed by atoms with Crippen molar-refractivity contribution in [2.45, 2.75) is 6.42 Å². The number of rotatable bonds is 4. The van der Waals surface area contributed by atoms with Crippen molar-refractivity contribution in [3.8, 4) is 0 Å². The van der Waals surface area contributed by atoms with Crippen molar-refractivity contribution in [2.75, 3.05) is 20.7 Å². The molecule has 5 nitrogen and oxygen atoms in total. The Bertz CT molecular complexity index is 406. The molecule has 1 heterocycles. The number of halogens is 1. The van der Waals surface area contributed by atoms with Gasteiger partial charge in [0.25, 0.3) is 5.91 Å². The lowest BCUT2D eigenvalue weighted by atomic mass is 10.3. The standard InChI is InChI=1S/C11H13BrN2O3/c1-14(6-5-10(15)17-2)11(16)9-4-3-8(12)7-13-9/h3-4,7H,5-6H2,1-2H3. The van der Waals surface area contributed by atoms with Gasteiger partial charge < -0.3 is 9.64 Å². The second kappa shape index (κ2) is 6.34. The molecule has 6 heteroatoms. The maximum Gasteiger partial charge on any atom is 0.307 e. The average molecular weight is 301 g/mol. The highest BCUT2D eigenvalue weighted by Crippen LogP contribution is 2.08. The van der Waals surface area contributed by atoms with E-state index in [-0.39, 0.29) is 18.3 Å². The number of carbonyl (C=O) groups excluding carboxylic acids is 2. The minimum absolute atomic E-state index is 0.176. The molecule has 0 spiro atoms. The molecule has 0 aliphatic rings. The van der Waals surface area contributed by atoms with Crippen LogP contribution in [0.15, 0.2) is 22.8 Å². The zero-order valence-electron chi connectivity index (χ0n) is 9.64. The molecule has 0 atom stereocenters. The highest BCUT2D eigenvalue weighted by molar-refractivity contribution is 9.10. The normalized spacial score (nSPS) is 9.82. The summed E-state index contributed by atoms with van der Waals surface area (Å²) in [5.41, 5.74) is 0.348. The number of methoxy groups -OCH3 is 1. The molecule has 1 aromatic heterocycles. The van der Waals surface area contributed by atoms with Crippen LogP contribution < -0.4 is 0 Å². The third-order valence-corrected chi connectivity index (χ3v) is 2.64. The zero-order chi connectivity index (χ0) is 12.8. The molecular formula is C11H13BrN2O3. The van der Waals surface area contributed by atoms with Crippen LogP contribution in [0.5, 0.6) is 0 Å². The van der Waals surface area contributed by atoms with Gasteiger partial charge in [-0.15, -0.1) is 0 Å². The summed E-state index contributed by atoms with van der Waals surface area (Å²) < 4.78 is 5.31. The molecule has 92 valence electrons. The number of esters is 1. The number of hydrogen-bond acceptors (Lipinski definition) is 4. The summed E-state index contributed by atoms with van der Waals surface area (Å²) in [6, 6.07) is 3.37. The van der Waals surface area contributed by atoms with Gasteiger partial charge in [-0.25, -0.2) is 4.98 Å². The van der Waals surface area contributed by atoms with Gasteiger partial charge in [0.2, 0.25) is 0 Å². The molecule has 0 N–H and O–H groups in total. The van der Waals surface area contributed by atoms with Crippen molar-refractivity contribution in [2.24, 2.45) is 0 Å². The number of aromatic nitrogens is 1. The molecule has 1 amide bonds. The molecule has 0 saturated heterocycles. The molecular weight excluding hydrogens is 288 g/mol. The predicted octanol–water partition coefficient (Wildman–Crippen LogP) is 1.48. The summed E-state index contributed by atoms with van der Waals surface area (Å²) >= 11 is 3.24. The molecule has 17 heavy (non-hydrogen) atoms. The van der Waals surface area contributed by atoms with E-state index in [9.17, 15) is 9.59 Å². The lowest BCUT2D eigenvalue weighted by Gasteiger charge is -2.15. The molecule has 0 unspecified atom stereocenters. The largest absolute Gasteiger partial charge is 0.469 e. The fourth-order valence-electron chi connectivity index (χ4n) is 1.16. The Balaban J connectivity index is 2.57. The number of pyridine rings is 1. The van der Waals surface area contributed by atoms with E-state index in [4.69, 9.17) is 0 Å². The van der Waals surface area contributed by atoms with Gasteiger partial charge in [0.15, 0.2) is 0 Å². The second-order valence-corrected chi connectivity index (χ2v) is 4.33. The Morgan fingerprint density at radius 1 is 1.47 bits per heavy atom. The third-order valence-electron chi connectivity index (χ3n) is 2.17. The molecule has 1 aromatic rings. The van der Waals surface area contributed by atoms with Crippen LogP contribution in [0, 0.1) is 0 Å². The fraction of sp³-hybridized carbons (Fsp3) is 0.364. The molecule has 1 rings (SSSR count). The molecule has 0 aliphatic carbocycles. The van der Waals surface area contributed by atoms with Gasteiger partial charge in [0.1, 0.15) is 5.69 Å². The van der Waals surface area contributed by atoms with E-state index in [1.807, 2.05) is 0 Å². The van der Waals surface area contributed by atoms with E-state index in [0.29, 0.717) is 12.2 Å². The lowest BCUT2D eigenvalue weighted by Crippen LogP contribution is -2.29. The summed E-state index contributed by atoms with van der Waals surface area (Å²) in [5.74, 6) is -0.560. The highest BCUT2D eigenvalue weighted by Gasteiger charge is 2.14. The number of hydrogen-bond donors (Lipinski definition) is 0. The number of nitrogens with zero attached hydrogens (tertiary/aromatic N) is 2. The quantitative estimate of drug-likeness (QED) is 0.790. The van der Waals surface area contributed by atoms with Crippen molar-refractivity contribution in [1.29, 1.82) is 0 Å². The van der Waals surface area contributed by atoms with Gasteiger partial charge in [-0.05, 0) is 28.1 Å². The summed E-state index contributed by atoms with van der Waals surface area (Å²) in [6.45, 7) is 0.309. The van der Waals surface area contributed by atoms with Gasteiger partial charge in [-0.1, -0.05) is 0 Å². The van der Waals surface area contributed by atoms with Gasteiger partial charge in [-0.3, -0.25) is 9.59 Å². The van der Waals surface area contributed by atoms with Crippen molar-refractivity contribution in [1.82, 2.24) is 9.88 Å². The zero-order valence-corrected chi connectivity index (χ0v) is 11.2. The van der Waals surface area contributed by atoms with Crippen molar-refractivity contribution >= 4 is 27.8 Å². The van der Waals surface area contributed by atoms with E-state index in [2.05, 4.69) is 25.7 Å². The predicted molar refractivity (Wildman–Crippen MR) is 65.5 cm³/mol. The van der Waals surface area contributed by atoms with Crippen LogP contribution in [0.1, 0.15) is 16.9 Å². The maximum absolute atomic E-state index is 11.9. The van der Waals surface area contributed by atoms with Crippen molar-refractivity contribution < 1.29 is 14.3 Å². The molecule has 0 radical (unpaired) electrons. The van der Waals surface area contributed by atoms with Crippen LogP contribution in [-0.4, -0.2) is 42.5 Å². The molecule has 0 saturated carbocycles. The first kappa shape index (κ1) is 13.6. The monoisotopic (exact) mass is 300 g/mol. The molecule has 0 bridgehead atoms. The topological polar surface area (TPSA) is 59.5 Å². The molecule has 0 aliphatic heterocycles. The van der Waals surface area contributed by atoms with E-state index in [0.717, 1.165) is 4.47 Å². The first-order valence-electron chi connectivity index (χ1n) is 4.98. The molecule has 0 fully saturated rings. The van der Waals surface area contributed by atoms with Crippen LogP contribution in [0.3, 0.4) is 0 Å². The van der Waals surface area contributed by atoms with Gasteiger partial charge in [-0.2, -0.15) is 0 Å². The first-order valence-corrected chi connectivity index (χ1v) is 5.77. The van der Waals surface area contributed by atoms with Crippen LogP contribution in [0.25, 0.3) is 0 Å². The average Bonchev–Trinajstić information content (AvgIpc) is 2.35. The summed E-state index contributed by atoms with van der Waals surface area (Å²) in [4.78, 5) is 28.2. The molecule has 0 aromatic carbocycles. The lowest BCUT2D eigenvalue weighted by molar-refractivity contribution is -0.140. The van der Waals surface area contributed by atoms with E-state index in [1.165, 1.54) is 12.0 Å². The second-order valence-electron chi connectivity index (χ2n) is 3.41. The van der Waals surface area contributed by atoms with E-state index in [1.54, 1.807) is 25.4 Å². The van der Waals surface area contributed by atoms with Crippen molar-refractivity contribution in [3.05, 3.63) is 28.5 Å². The van der Waals surface area contributed by atoms with Gasteiger partial charge in [0.05, 0.1) is 13.5 Å².